The van der Waals surface area contributed by atoms with Crippen molar-refractivity contribution < 1.29 is 22.7 Å². The molecule has 0 saturated heterocycles. The first kappa shape index (κ1) is 24.6. The molecule has 3 rings (SSSR count). The van der Waals surface area contributed by atoms with Crippen LogP contribution in [-0.4, -0.2) is 23.6 Å². The van der Waals surface area contributed by atoms with Crippen molar-refractivity contribution in [3.8, 4) is 5.75 Å². The molecule has 2 aromatic carbocycles. The monoisotopic (exact) mass is 468 g/mol. The third-order valence-electron chi connectivity index (χ3n) is 5.73. The summed E-state index contributed by atoms with van der Waals surface area (Å²) in [5.74, 6) is -1.81. The van der Waals surface area contributed by atoms with Crippen molar-refractivity contribution in [2.45, 2.75) is 57.9 Å². The summed E-state index contributed by atoms with van der Waals surface area (Å²) in [7, 11) is 0. The summed E-state index contributed by atoms with van der Waals surface area (Å²) >= 11 is 6.15. The van der Waals surface area contributed by atoms with Crippen molar-refractivity contribution >= 4 is 17.6 Å². The molecule has 174 valence electrons. The summed E-state index contributed by atoms with van der Waals surface area (Å²) in [6, 6.07) is 12.2. The van der Waals surface area contributed by atoms with Crippen molar-refractivity contribution in [1.82, 2.24) is 4.90 Å². The van der Waals surface area contributed by atoms with Gasteiger partial charge in [0.05, 0.1) is 0 Å². The number of alkyl halides is 3. The van der Waals surface area contributed by atoms with Gasteiger partial charge in [-0.15, -0.1) is 0 Å². The van der Waals surface area contributed by atoms with Crippen LogP contribution in [0.2, 0.25) is 5.02 Å². The molecular formula is C24H28ClF3N2O2. The Morgan fingerprint density at radius 3 is 2.47 bits per heavy atom. The number of hydrogen-bond acceptors (Lipinski definition) is 4. The molecule has 1 aliphatic carbocycles. The Labute approximate surface area is 191 Å². The molecule has 0 aliphatic heterocycles. The molecule has 0 radical (unpaired) electrons. The van der Waals surface area contributed by atoms with Gasteiger partial charge in [-0.2, -0.15) is 13.2 Å². The van der Waals surface area contributed by atoms with Crippen LogP contribution in [0.15, 0.2) is 42.5 Å². The lowest BCUT2D eigenvalue weighted by atomic mass is 9.88. The van der Waals surface area contributed by atoms with Crippen molar-refractivity contribution in [1.29, 1.82) is 0 Å². The van der Waals surface area contributed by atoms with Gasteiger partial charge in [-0.05, 0) is 54.2 Å². The van der Waals surface area contributed by atoms with Crippen LogP contribution in [-0.2, 0) is 24.4 Å². The second-order valence-electron chi connectivity index (χ2n) is 8.34. The average Bonchev–Trinajstić information content (AvgIpc) is 2.75. The Kier molecular flexibility index (Phi) is 8.57. The molecule has 0 spiro atoms. The van der Waals surface area contributed by atoms with Gasteiger partial charge in [0.15, 0.2) is 0 Å². The molecule has 0 unspecified atom stereocenters. The zero-order valence-electron chi connectivity index (χ0n) is 17.8. The van der Waals surface area contributed by atoms with Gasteiger partial charge in [-0.3, -0.25) is 4.90 Å². The number of nitrogens with zero attached hydrogens (tertiary/aromatic N) is 1. The summed E-state index contributed by atoms with van der Waals surface area (Å²) in [6.45, 7) is 1.94. The zero-order valence-corrected chi connectivity index (χ0v) is 18.6. The molecule has 8 heteroatoms. The Bertz CT molecular complexity index is 914. The van der Waals surface area contributed by atoms with Crippen molar-refractivity contribution in [2.75, 3.05) is 6.54 Å². The van der Waals surface area contributed by atoms with Gasteiger partial charge in [0, 0.05) is 36.8 Å². The number of ether oxygens (including phenoxy) is 1. The Hall–Kier alpha value is -2.09. The van der Waals surface area contributed by atoms with E-state index in [1.54, 1.807) is 18.2 Å². The highest BCUT2D eigenvalue weighted by Gasteiger charge is 2.41. The van der Waals surface area contributed by atoms with Crippen LogP contribution in [0.25, 0.3) is 0 Å². The maximum atomic E-state index is 12.8. The van der Waals surface area contributed by atoms with E-state index in [-0.39, 0.29) is 12.3 Å². The fourth-order valence-electron chi connectivity index (χ4n) is 4.19. The highest BCUT2D eigenvalue weighted by Crippen LogP contribution is 2.29. The van der Waals surface area contributed by atoms with Crippen LogP contribution in [0.5, 0.6) is 5.75 Å². The second kappa shape index (κ2) is 11.2. The number of carbonyl (C=O) groups is 1. The van der Waals surface area contributed by atoms with Gasteiger partial charge in [0.25, 0.3) is 0 Å². The van der Waals surface area contributed by atoms with Gasteiger partial charge in [-0.25, -0.2) is 4.79 Å². The minimum absolute atomic E-state index is 0.0933. The molecule has 4 nitrogen and oxygen atoms in total. The maximum absolute atomic E-state index is 12.8. The predicted molar refractivity (Wildman–Crippen MR) is 118 cm³/mol. The van der Waals surface area contributed by atoms with E-state index < -0.39 is 12.1 Å². The summed E-state index contributed by atoms with van der Waals surface area (Å²) in [5, 5.41) is 0.630. The molecule has 0 atom stereocenters. The average molecular weight is 469 g/mol. The van der Waals surface area contributed by atoms with Crippen LogP contribution >= 0.6 is 11.6 Å². The molecule has 32 heavy (non-hydrogen) atoms. The van der Waals surface area contributed by atoms with E-state index in [9.17, 15) is 18.0 Å². The Morgan fingerprint density at radius 2 is 1.81 bits per heavy atom. The molecule has 0 aromatic heterocycles. The lowest BCUT2D eigenvalue weighted by Gasteiger charge is -2.30. The largest absolute Gasteiger partial charge is 0.491 e. The highest BCUT2D eigenvalue weighted by atomic mass is 35.5. The second-order valence-corrected chi connectivity index (χ2v) is 8.77. The molecular weight excluding hydrogens is 441 g/mol. The van der Waals surface area contributed by atoms with Gasteiger partial charge in [-0.1, -0.05) is 49.1 Å². The van der Waals surface area contributed by atoms with E-state index in [4.69, 9.17) is 22.1 Å². The molecule has 1 saturated carbocycles. The van der Waals surface area contributed by atoms with Crippen LogP contribution in [0, 0.1) is 5.92 Å². The minimum Gasteiger partial charge on any atom is -0.420 e. The topological polar surface area (TPSA) is 55.6 Å². The summed E-state index contributed by atoms with van der Waals surface area (Å²) in [4.78, 5) is 13.7. The van der Waals surface area contributed by atoms with Crippen molar-refractivity contribution in [3.63, 3.8) is 0 Å². The zero-order chi connectivity index (χ0) is 23.1. The standard InChI is InChI=1S/C24H28ClF3N2O2/c25-21-8-4-7-19(12-21)15-30(14-17-5-2-1-3-6-17)16-20-11-18(13-29)9-10-22(20)32-23(31)24(26,27)28/h4,7-12,17H,1-3,5-6,13-16,29H2. The van der Waals surface area contributed by atoms with E-state index in [1.165, 1.54) is 25.3 Å². The first-order chi connectivity index (χ1) is 15.2. The van der Waals surface area contributed by atoms with Crippen molar-refractivity contribution in [2.24, 2.45) is 11.7 Å². The van der Waals surface area contributed by atoms with Crippen LogP contribution < -0.4 is 10.5 Å². The lowest BCUT2D eigenvalue weighted by molar-refractivity contribution is -0.189. The van der Waals surface area contributed by atoms with Crippen LogP contribution in [0.4, 0.5) is 13.2 Å². The van der Waals surface area contributed by atoms with Gasteiger partial charge in [0.1, 0.15) is 5.75 Å². The van der Waals surface area contributed by atoms with E-state index in [1.807, 2.05) is 18.2 Å². The lowest BCUT2D eigenvalue weighted by Crippen LogP contribution is -2.31. The van der Waals surface area contributed by atoms with Gasteiger partial charge < -0.3 is 10.5 Å². The quantitative estimate of drug-likeness (QED) is 0.390. The Balaban J connectivity index is 1.86. The number of rotatable bonds is 8. The predicted octanol–water partition coefficient (Wildman–Crippen LogP) is 5.85. The number of hydrogen-bond donors (Lipinski definition) is 1. The van der Waals surface area contributed by atoms with E-state index in [0.29, 0.717) is 29.6 Å². The maximum Gasteiger partial charge on any atom is 0.491 e. The fraction of sp³-hybridized carbons (Fsp3) is 0.458. The summed E-state index contributed by atoms with van der Waals surface area (Å²) in [5.41, 5.74) is 8.01. The van der Waals surface area contributed by atoms with Crippen LogP contribution in [0.1, 0.15) is 48.8 Å². The van der Waals surface area contributed by atoms with E-state index in [2.05, 4.69) is 4.90 Å². The van der Waals surface area contributed by atoms with Gasteiger partial charge >= 0.3 is 12.1 Å². The molecule has 0 bridgehead atoms. The van der Waals surface area contributed by atoms with Crippen molar-refractivity contribution in [3.05, 3.63) is 64.2 Å². The highest BCUT2D eigenvalue weighted by molar-refractivity contribution is 6.30. The number of nitrogens with two attached hydrogens (primary N) is 1. The first-order valence-corrected chi connectivity index (χ1v) is 11.2. The molecule has 0 amide bonds. The molecule has 1 fully saturated rings. The van der Waals surface area contributed by atoms with Gasteiger partial charge in [0.2, 0.25) is 0 Å². The smallest absolute Gasteiger partial charge is 0.420 e. The number of carbonyl (C=O) groups excluding carboxylic acids is 1. The minimum atomic E-state index is -5.06. The normalized spacial score (nSPS) is 15.2. The first-order valence-electron chi connectivity index (χ1n) is 10.8. The fourth-order valence-corrected chi connectivity index (χ4v) is 4.41. The van der Waals surface area contributed by atoms with E-state index in [0.717, 1.165) is 30.5 Å². The van der Waals surface area contributed by atoms with E-state index >= 15 is 0 Å². The summed E-state index contributed by atoms with van der Waals surface area (Å²) in [6.07, 6.45) is 0.808. The molecule has 1 aliphatic rings. The SMILES string of the molecule is NCc1ccc(OC(=O)C(F)(F)F)c(CN(Cc2cccc(Cl)c2)CC2CCCCC2)c1. The van der Waals surface area contributed by atoms with Crippen LogP contribution in [0.3, 0.4) is 0 Å². The molecule has 2 N–H and O–H groups in total. The molecule has 2 aromatic rings. The third-order valence-corrected chi connectivity index (χ3v) is 5.96. The number of esters is 1. The summed E-state index contributed by atoms with van der Waals surface area (Å²) < 4.78 is 43.1. The number of halogens is 4. The number of benzene rings is 2. The molecule has 0 heterocycles. The Morgan fingerprint density at radius 1 is 1.06 bits per heavy atom. The third kappa shape index (κ3) is 7.22.